The van der Waals surface area contributed by atoms with Gasteiger partial charge in [-0.2, -0.15) is 13.2 Å². The Bertz CT molecular complexity index is 365. The van der Waals surface area contributed by atoms with Gasteiger partial charge in [0.1, 0.15) is 0 Å². The lowest BCUT2D eigenvalue weighted by Crippen LogP contribution is -2.36. The molecule has 0 heterocycles. The van der Waals surface area contributed by atoms with Crippen molar-refractivity contribution in [3.05, 3.63) is 29.8 Å². The molecule has 96 valence electrons. The molecule has 0 aliphatic carbocycles. The standard InChI is InChI=1S/C12H16F3NO/c1-11(2,17)8-16(3)10-6-4-9(5-7-10)12(13,14)15/h4-7,17H,8H2,1-3H3. The topological polar surface area (TPSA) is 23.5 Å². The Morgan fingerprint density at radius 1 is 1.12 bits per heavy atom. The Labute approximate surface area is 98.7 Å². The molecular formula is C12H16F3NO. The number of halogens is 3. The summed E-state index contributed by atoms with van der Waals surface area (Å²) < 4.78 is 37.0. The minimum absolute atomic E-state index is 0.346. The predicted molar refractivity (Wildman–Crippen MR) is 61.0 cm³/mol. The van der Waals surface area contributed by atoms with E-state index < -0.39 is 17.3 Å². The SMILES string of the molecule is CN(CC(C)(C)O)c1ccc(C(F)(F)F)cc1. The second-order valence-electron chi connectivity index (χ2n) is 4.71. The zero-order chi connectivity index (χ0) is 13.3. The van der Waals surface area contributed by atoms with Crippen LogP contribution >= 0.6 is 0 Å². The zero-order valence-corrected chi connectivity index (χ0v) is 10.0. The Hall–Kier alpha value is -1.23. The molecule has 0 atom stereocenters. The fourth-order valence-corrected chi connectivity index (χ4v) is 1.58. The second-order valence-corrected chi connectivity index (χ2v) is 4.71. The van der Waals surface area contributed by atoms with E-state index in [1.807, 2.05) is 0 Å². The van der Waals surface area contributed by atoms with Crippen molar-refractivity contribution in [3.63, 3.8) is 0 Å². The lowest BCUT2D eigenvalue weighted by atomic mass is 10.1. The highest BCUT2D eigenvalue weighted by Crippen LogP contribution is 2.30. The smallest absolute Gasteiger partial charge is 0.389 e. The van der Waals surface area contributed by atoms with E-state index in [0.29, 0.717) is 12.2 Å². The molecule has 0 spiro atoms. The summed E-state index contributed by atoms with van der Waals surface area (Å²) in [6.45, 7) is 3.64. The maximum atomic E-state index is 12.3. The number of nitrogens with zero attached hydrogens (tertiary/aromatic N) is 1. The van der Waals surface area contributed by atoms with E-state index in [0.717, 1.165) is 12.1 Å². The van der Waals surface area contributed by atoms with E-state index >= 15 is 0 Å². The number of hydrogen-bond acceptors (Lipinski definition) is 2. The average molecular weight is 247 g/mol. The summed E-state index contributed by atoms with van der Waals surface area (Å²) in [5.41, 5.74) is -0.921. The van der Waals surface area contributed by atoms with Crippen molar-refractivity contribution in [2.45, 2.75) is 25.6 Å². The minimum Gasteiger partial charge on any atom is -0.389 e. The van der Waals surface area contributed by atoms with Crippen LogP contribution in [0.25, 0.3) is 0 Å². The Morgan fingerprint density at radius 3 is 1.94 bits per heavy atom. The fourth-order valence-electron chi connectivity index (χ4n) is 1.58. The van der Waals surface area contributed by atoms with Crippen molar-refractivity contribution in [1.29, 1.82) is 0 Å². The first-order chi connectivity index (χ1) is 7.59. The molecule has 0 saturated heterocycles. The van der Waals surface area contributed by atoms with Crippen molar-refractivity contribution in [2.24, 2.45) is 0 Å². The summed E-state index contributed by atoms with van der Waals surface area (Å²) in [6, 6.07) is 4.87. The van der Waals surface area contributed by atoms with Gasteiger partial charge in [-0.1, -0.05) is 0 Å². The van der Waals surface area contributed by atoms with Gasteiger partial charge in [-0.25, -0.2) is 0 Å². The molecule has 0 aliphatic rings. The normalized spacial score (nSPS) is 12.6. The van der Waals surface area contributed by atoms with Crippen molar-refractivity contribution in [2.75, 3.05) is 18.5 Å². The summed E-state index contributed by atoms with van der Waals surface area (Å²) in [5.74, 6) is 0. The van der Waals surface area contributed by atoms with Gasteiger partial charge in [0.15, 0.2) is 0 Å². The van der Waals surface area contributed by atoms with E-state index in [1.165, 1.54) is 12.1 Å². The lowest BCUT2D eigenvalue weighted by molar-refractivity contribution is -0.137. The number of benzene rings is 1. The van der Waals surface area contributed by atoms with Gasteiger partial charge in [-0.15, -0.1) is 0 Å². The summed E-state index contributed by atoms with van der Waals surface area (Å²) in [4.78, 5) is 1.71. The highest BCUT2D eigenvalue weighted by Gasteiger charge is 2.30. The number of anilines is 1. The summed E-state index contributed by atoms with van der Waals surface area (Å²) >= 11 is 0. The number of alkyl halides is 3. The molecule has 0 amide bonds. The highest BCUT2D eigenvalue weighted by atomic mass is 19.4. The predicted octanol–water partition coefficient (Wildman–Crippen LogP) is 2.91. The van der Waals surface area contributed by atoms with Crippen molar-refractivity contribution in [3.8, 4) is 0 Å². The molecule has 1 rings (SSSR count). The molecule has 0 unspecified atom stereocenters. The van der Waals surface area contributed by atoms with Crippen LogP contribution in [0, 0.1) is 0 Å². The molecule has 0 aliphatic heterocycles. The monoisotopic (exact) mass is 247 g/mol. The van der Waals surface area contributed by atoms with Crippen molar-refractivity contribution >= 4 is 5.69 Å². The van der Waals surface area contributed by atoms with Crippen molar-refractivity contribution in [1.82, 2.24) is 0 Å². The molecule has 0 aromatic heterocycles. The van der Waals surface area contributed by atoms with Crippen LogP contribution in [0.4, 0.5) is 18.9 Å². The van der Waals surface area contributed by atoms with Crippen LogP contribution in [-0.4, -0.2) is 24.3 Å². The number of aliphatic hydroxyl groups is 1. The Kier molecular flexibility index (Phi) is 3.71. The molecule has 0 radical (unpaired) electrons. The number of hydrogen-bond donors (Lipinski definition) is 1. The van der Waals surface area contributed by atoms with Crippen LogP contribution < -0.4 is 4.90 Å². The van der Waals surface area contributed by atoms with Crippen LogP contribution in [0.1, 0.15) is 19.4 Å². The first kappa shape index (κ1) is 13.8. The van der Waals surface area contributed by atoms with Crippen LogP contribution in [-0.2, 0) is 6.18 Å². The minimum atomic E-state index is -4.31. The Morgan fingerprint density at radius 2 is 1.59 bits per heavy atom. The first-order valence-corrected chi connectivity index (χ1v) is 5.20. The van der Waals surface area contributed by atoms with E-state index in [9.17, 15) is 18.3 Å². The van der Waals surface area contributed by atoms with Crippen LogP contribution in [0.15, 0.2) is 24.3 Å². The quantitative estimate of drug-likeness (QED) is 0.887. The summed E-state index contributed by atoms with van der Waals surface area (Å²) in [6.07, 6.45) is -4.31. The van der Waals surface area contributed by atoms with Crippen molar-refractivity contribution < 1.29 is 18.3 Å². The molecule has 1 aromatic rings. The highest BCUT2D eigenvalue weighted by molar-refractivity contribution is 5.47. The van der Waals surface area contributed by atoms with E-state index in [2.05, 4.69) is 0 Å². The van der Waals surface area contributed by atoms with Gasteiger partial charge in [0.2, 0.25) is 0 Å². The maximum Gasteiger partial charge on any atom is 0.416 e. The third kappa shape index (κ3) is 4.26. The van der Waals surface area contributed by atoms with E-state index in [1.54, 1.807) is 25.8 Å². The van der Waals surface area contributed by atoms with Crippen LogP contribution in [0.2, 0.25) is 0 Å². The van der Waals surface area contributed by atoms with Gasteiger partial charge in [0, 0.05) is 19.3 Å². The van der Waals surface area contributed by atoms with Gasteiger partial charge in [0.05, 0.1) is 11.2 Å². The van der Waals surface area contributed by atoms with Crippen LogP contribution in [0.5, 0.6) is 0 Å². The van der Waals surface area contributed by atoms with Gasteiger partial charge < -0.3 is 10.0 Å². The fraction of sp³-hybridized carbons (Fsp3) is 0.500. The largest absolute Gasteiger partial charge is 0.416 e. The molecule has 0 saturated carbocycles. The molecular weight excluding hydrogens is 231 g/mol. The van der Waals surface area contributed by atoms with E-state index in [4.69, 9.17) is 0 Å². The average Bonchev–Trinajstić information content (AvgIpc) is 2.14. The van der Waals surface area contributed by atoms with E-state index in [-0.39, 0.29) is 0 Å². The molecule has 0 bridgehead atoms. The van der Waals surface area contributed by atoms with Gasteiger partial charge in [-0.05, 0) is 38.1 Å². The Balaban J connectivity index is 2.81. The maximum absolute atomic E-state index is 12.3. The third-order valence-corrected chi connectivity index (χ3v) is 2.26. The molecule has 2 nitrogen and oxygen atoms in total. The van der Waals surface area contributed by atoms with Gasteiger partial charge in [-0.3, -0.25) is 0 Å². The third-order valence-electron chi connectivity index (χ3n) is 2.26. The molecule has 1 N–H and O–H groups in total. The molecule has 17 heavy (non-hydrogen) atoms. The number of rotatable bonds is 3. The zero-order valence-electron chi connectivity index (χ0n) is 10.0. The lowest BCUT2D eigenvalue weighted by Gasteiger charge is -2.27. The van der Waals surface area contributed by atoms with Gasteiger partial charge >= 0.3 is 6.18 Å². The number of likely N-dealkylation sites (N-methyl/N-ethyl adjacent to an activating group) is 1. The second kappa shape index (κ2) is 4.56. The summed E-state index contributed by atoms with van der Waals surface area (Å²) in [5, 5.41) is 9.61. The molecule has 0 fully saturated rings. The first-order valence-electron chi connectivity index (χ1n) is 5.20. The van der Waals surface area contributed by atoms with Gasteiger partial charge in [0.25, 0.3) is 0 Å². The molecule has 1 aromatic carbocycles. The van der Waals surface area contributed by atoms with Crippen LogP contribution in [0.3, 0.4) is 0 Å². The summed E-state index contributed by atoms with van der Waals surface area (Å²) in [7, 11) is 1.72. The molecule has 5 heteroatoms.